The van der Waals surface area contributed by atoms with Crippen LogP contribution in [0, 0.1) is 5.41 Å². The van der Waals surface area contributed by atoms with Gasteiger partial charge in [-0.3, -0.25) is 9.63 Å². The van der Waals surface area contributed by atoms with E-state index in [4.69, 9.17) is 9.57 Å². The van der Waals surface area contributed by atoms with Crippen molar-refractivity contribution in [2.75, 3.05) is 6.61 Å². The molecule has 1 unspecified atom stereocenters. The third kappa shape index (κ3) is 4.95. The van der Waals surface area contributed by atoms with Gasteiger partial charge in [0.15, 0.2) is 5.78 Å². The number of aliphatic hydroxyl groups excluding tert-OH is 1. The molecule has 0 spiro atoms. The quantitative estimate of drug-likeness (QED) is 0.466. The van der Waals surface area contributed by atoms with Crippen LogP contribution in [0.3, 0.4) is 0 Å². The van der Waals surface area contributed by atoms with Crippen molar-refractivity contribution in [1.82, 2.24) is 5.06 Å². The van der Waals surface area contributed by atoms with Crippen molar-refractivity contribution in [3.05, 3.63) is 0 Å². The molecule has 0 aromatic carbocycles. The van der Waals surface area contributed by atoms with Crippen molar-refractivity contribution >= 4 is 11.8 Å². The predicted octanol–water partition coefficient (Wildman–Crippen LogP) is 4.04. The molecule has 6 nitrogen and oxygen atoms in total. The van der Waals surface area contributed by atoms with Crippen molar-refractivity contribution in [2.24, 2.45) is 5.41 Å². The van der Waals surface area contributed by atoms with E-state index in [1.54, 1.807) is 27.7 Å². The summed E-state index contributed by atoms with van der Waals surface area (Å²) in [5.41, 5.74) is -1.62. The molecule has 164 valence electrons. The van der Waals surface area contributed by atoms with E-state index in [0.29, 0.717) is 12.8 Å². The first-order chi connectivity index (χ1) is 13.0. The molecule has 1 N–H and O–H groups in total. The van der Waals surface area contributed by atoms with Gasteiger partial charge in [-0.15, -0.1) is 0 Å². The van der Waals surface area contributed by atoms with Gasteiger partial charge in [-0.25, -0.2) is 4.79 Å². The number of esters is 1. The van der Waals surface area contributed by atoms with Gasteiger partial charge in [-0.2, -0.15) is 5.06 Å². The van der Waals surface area contributed by atoms with Gasteiger partial charge in [-0.05, 0) is 45.4 Å². The van der Waals surface area contributed by atoms with Gasteiger partial charge in [0.1, 0.15) is 0 Å². The Balaban J connectivity index is 3.46. The molecule has 1 saturated heterocycles. The second kappa shape index (κ2) is 9.68. The van der Waals surface area contributed by atoms with Crippen LogP contribution in [0.5, 0.6) is 0 Å². The van der Waals surface area contributed by atoms with Crippen LogP contribution in [0.1, 0.15) is 93.9 Å². The molecule has 0 radical (unpaired) electrons. The lowest BCUT2D eigenvalue weighted by Crippen LogP contribution is -2.67. The Labute approximate surface area is 170 Å². The summed E-state index contributed by atoms with van der Waals surface area (Å²) in [6, 6.07) is 0. The molecule has 0 aromatic heterocycles. The highest BCUT2D eigenvalue weighted by molar-refractivity contribution is 6.04. The minimum Gasteiger partial charge on any atom is -0.464 e. The number of Topliss-reactive ketones (excluding diaryl/α,β-unsaturated/α-hetero) is 1. The fourth-order valence-corrected chi connectivity index (χ4v) is 4.41. The first-order valence-electron chi connectivity index (χ1n) is 10.8. The number of hydroxylamine groups is 2. The monoisotopic (exact) mass is 399 g/mol. The number of rotatable bonds is 9. The fourth-order valence-electron chi connectivity index (χ4n) is 4.41. The maximum absolute atomic E-state index is 13.1. The number of ether oxygens (including phenoxy) is 1. The molecule has 1 aliphatic rings. The highest BCUT2D eigenvalue weighted by Gasteiger charge is 2.54. The molecule has 1 atom stereocenters. The van der Waals surface area contributed by atoms with Gasteiger partial charge in [0.05, 0.1) is 12.7 Å². The Hall–Kier alpha value is -0.980. The van der Waals surface area contributed by atoms with E-state index in [9.17, 15) is 14.7 Å². The van der Waals surface area contributed by atoms with Crippen LogP contribution in [0.4, 0.5) is 0 Å². The highest BCUT2D eigenvalue weighted by Crippen LogP contribution is 2.46. The Morgan fingerprint density at radius 2 is 1.43 bits per heavy atom. The summed E-state index contributed by atoms with van der Waals surface area (Å²) in [7, 11) is 0. The van der Waals surface area contributed by atoms with Crippen LogP contribution in [-0.4, -0.2) is 51.8 Å². The molecule has 0 bridgehead atoms. The number of nitrogens with zero attached hydrogens (tertiary/aromatic N) is 1. The first kappa shape index (κ1) is 25.1. The van der Waals surface area contributed by atoms with Gasteiger partial charge in [0.2, 0.25) is 6.10 Å². The highest BCUT2D eigenvalue weighted by atomic mass is 16.7. The lowest BCUT2D eigenvalue weighted by Gasteiger charge is -2.58. The van der Waals surface area contributed by atoms with Crippen molar-refractivity contribution < 1.29 is 24.3 Å². The zero-order valence-electron chi connectivity index (χ0n) is 19.1. The summed E-state index contributed by atoms with van der Waals surface area (Å²) in [6.45, 7) is 15.5. The van der Waals surface area contributed by atoms with Gasteiger partial charge < -0.3 is 9.84 Å². The van der Waals surface area contributed by atoms with Crippen LogP contribution in [0.15, 0.2) is 0 Å². The Kier molecular flexibility index (Phi) is 8.66. The second-order valence-corrected chi connectivity index (χ2v) is 9.07. The zero-order chi connectivity index (χ0) is 21.8. The van der Waals surface area contributed by atoms with E-state index in [0.717, 1.165) is 25.7 Å². The van der Waals surface area contributed by atoms with Crippen LogP contribution in [-0.2, 0) is 19.2 Å². The minimum atomic E-state index is -1.30. The van der Waals surface area contributed by atoms with E-state index in [1.165, 1.54) is 0 Å². The van der Waals surface area contributed by atoms with Crippen LogP contribution in [0.2, 0.25) is 0 Å². The molecule has 0 aliphatic carbocycles. The first-order valence-corrected chi connectivity index (χ1v) is 10.8. The van der Waals surface area contributed by atoms with Gasteiger partial charge in [0, 0.05) is 16.5 Å². The number of carbonyl (C=O) groups excluding carboxylic acids is 2. The molecule has 1 aliphatic heterocycles. The zero-order valence-corrected chi connectivity index (χ0v) is 19.1. The molecule has 6 heteroatoms. The van der Waals surface area contributed by atoms with Crippen LogP contribution < -0.4 is 0 Å². The topological polar surface area (TPSA) is 76.1 Å². The molecule has 28 heavy (non-hydrogen) atoms. The summed E-state index contributed by atoms with van der Waals surface area (Å²) in [5.74, 6) is -0.935. The van der Waals surface area contributed by atoms with Gasteiger partial charge in [-0.1, -0.05) is 48.5 Å². The number of carbonyl (C=O) groups is 2. The summed E-state index contributed by atoms with van der Waals surface area (Å²) < 4.78 is 5.19. The summed E-state index contributed by atoms with van der Waals surface area (Å²) in [4.78, 5) is 32.1. The van der Waals surface area contributed by atoms with Gasteiger partial charge in [0.25, 0.3) is 0 Å². The molecule has 1 fully saturated rings. The number of ketones is 1. The lowest BCUT2D eigenvalue weighted by molar-refractivity contribution is -0.325. The van der Waals surface area contributed by atoms with Crippen molar-refractivity contribution in [3.63, 3.8) is 0 Å². The lowest BCUT2D eigenvalue weighted by atomic mass is 9.72. The smallest absolute Gasteiger partial charge is 0.345 e. The van der Waals surface area contributed by atoms with E-state index >= 15 is 0 Å². The predicted molar refractivity (Wildman–Crippen MR) is 110 cm³/mol. The summed E-state index contributed by atoms with van der Waals surface area (Å²) in [6.07, 6.45) is 2.39. The van der Waals surface area contributed by atoms with Crippen molar-refractivity contribution in [2.45, 2.75) is 117 Å². The van der Waals surface area contributed by atoms with Gasteiger partial charge >= 0.3 is 5.97 Å². The molecule has 0 amide bonds. The average Bonchev–Trinajstić information content (AvgIpc) is 2.64. The Bertz CT molecular complexity index is 510. The number of hydrogen-bond donors (Lipinski definition) is 1. The average molecular weight is 400 g/mol. The summed E-state index contributed by atoms with van der Waals surface area (Å²) >= 11 is 0. The standard InChI is InChI=1S/C22H41NO5/c1-9-21(10-2)14-16(24)15-22(11-3,12-4)23(21)28-17(19(26)27-13-5)18(25)20(6,7)8/h16-17,24H,9-15H2,1-8H3. The van der Waals surface area contributed by atoms with Crippen LogP contribution in [0.25, 0.3) is 0 Å². The third-order valence-electron chi connectivity index (χ3n) is 6.41. The number of hydrogen-bond acceptors (Lipinski definition) is 6. The van der Waals surface area contributed by atoms with E-state index in [-0.39, 0.29) is 12.4 Å². The van der Waals surface area contributed by atoms with Crippen molar-refractivity contribution in [1.29, 1.82) is 0 Å². The van der Waals surface area contributed by atoms with E-state index < -0.39 is 34.7 Å². The number of piperidine rings is 1. The number of aliphatic hydroxyl groups is 1. The molecule has 1 heterocycles. The molecule has 0 saturated carbocycles. The normalized spacial score (nSPS) is 21.3. The Morgan fingerprint density at radius 3 is 1.75 bits per heavy atom. The fraction of sp³-hybridized carbons (Fsp3) is 0.909. The van der Waals surface area contributed by atoms with E-state index in [1.807, 2.05) is 5.06 Å². The maximum atomic E-state index is 13.1. The summed E-state index contributed by atoms with van der Waals surface area (Å²) in [5, 5.41) is 12.6. The van der Waals surface area contributed by atoms with Crippen molar-refractivity contribution in [3.8, 4) is 0 Å². The molecular weight excluding hydrogens is 358 g/mol. The minimum absolute atomic E-state index is 0.189. The largest absolute Gasteiger partial charge is 0.464 e. The molecule has 0 aromatic rings. The van der Waals surface area contributed by atoms with E-state index in [2.05, 4.69) is 27.7 Å². The Morgan fingerprint density at radius 1 is 1.00 bits per heavy atom. The molecular formula is C22H41NO5. The second-order valence-electron chi connectivity index (χ2n) is 9.07. The maximum Gasteiger partial charge on any atom is 0.345 e. The van der Waals surface area contributed by atoms with Crippen LogP contribution >= 0.6 is 0 Å². The SMILES string of the molecule is CCOC(=O)C(ON1C(CC)(CC)CC(O)CC1(CC)CC)C(=O)C(C)(C)C. The molecule has 1 rings (SSSR count). The third-order valence-corrected chi connectivity index (χ3v) is 6.41.